The molecule has 0 aliphatic carbocycles. The van der Waals surface area contributed by atoms with Crippen LogP contribution < -0.4 is 21.3 Å². The second-order valence-corrected chi connectivity index (χ2v) is 7.79. The number of aliphatic carboxylic acids is 1. The van der Waals surface area contributed by atoms with Gasteiger partial charge in [0.2, 0.25) is 11.8 Å². The second kappa shape index (κ2) is 20.9. The maximum absolute atomic E-state index is 12.4. The SMILES string of the molecule is [CH2-]C(=O)NCCN(CCNC([CH2-])=O)CC(=O)NCc1cccc(CNC(=O)[C@@H](C)CC(=O)O)c1.[Gd].[Gd]. The number of nitrogens with zero attached hydrogens (tertiary/aromatic N) is 1. The van der Waals surface area contributed by atoms with Crippen molar-refractivity contribution >= 4 is 29.6 Å². The second-order valence-electron chi connectivity index (χ2n) is 7.79. The molecule has 13 heteroatoms. The minimum absolute atomic E-state index is 0. The zero-order valence-electron chi connectivity index (χ0n) is 20.1. The fraction of sp³-hybridized carbons (Fsp3) is 0.435. The monoisotopic (exact) mass is 791 g/mol. The third-order valence-electron chi connectivity index (χ3n) is 4.74. The van der Waals surface area contributed by atoms with E-state index in [9.17, 15) is 24.0 Å². The van der Waals surface area contributed by atoms with Crippen LogP contribution in [0, 0.1) is 99.6 Å². The molecule has 1 atom stereocenters. The van der Waals surface area contributed by atoms with Crippen LogP contribution in [0.3, 0.4) is 0 Å². The Morgan fingerprint density at radius 2 is 1.39 bits per heavy atom. The molecule has 0 fully saturated rings. The van der Waals surface area contributed by atoms with Crippen LogP contribution in [0.4, 0.5) is 0 Å². The summed E-state index contributed by atoms with van der Waals surface area (Å²) in [7, 11) is 0. The van der Waals surface area contributed by atoms with Gasteiger partial charge in [-0.05, 0) is 11.1 Å². The van der Waals surface area contributed by atoms with Crippen LogP contribution in [0.2, 0.25) is 0 Å². The minimum atomic E-state index is -1.03. The number of hydrogen-bond donors (Lipinski definition) is 5. The summed E-state index contributed by atoms with van der Waals surface area (Å²) in [6, 6.07) is 7.31. The summed E-state index contributed by atoms with van der Waals surface area (Å²) in [5, 5.41) is 19.5. The first kappa shape index (κ1) is 37.1. The molecule has 0 saturated carbocycles. The Balaban J connectivity index is 0. The Bertz CT molecular complexity index is 851. The molecule has 0 bridgehead atoms. The summed E-state index contributed by atoms with van der Waals surface area (Å²) in [5.74, 6) is -3.06. The molecule has 1 aromatic rings. The fourth-order valence-electron chi connectivity index (χ4n) is 3.00. The smallest absolute Gasteiger partial charge is 0.304 e. The molecule has 0 heterocycles. The van der Waals surface area contributed by atoms with E-state index in [-0.39, 0.29) is 118 Å². The quantitative estimate of drug-likeness (QED) is 0.146. The van der Waals surface area contributed by atoms with E-state index in [2.05, 4.69) is 35.1 Å². The van der Waals surface area contributed by atoms with Crippen molar-refractivity contribution in [3.8, 4) is 0 Å². The van der Waals surface area contributed by atoms with E-state index in [1.165, 1.54) is 0 Å². The van der Waals surface area contributed by atoms with Gasteiger partial charge in [0.25, 0.3) is 0 Å². The molecule has 36 heavy (non-hydrogen) atoms. The fourth-order valence-corrected chi connectivity index (χ4v) is 3.00. The molecule has 1 aromatic carbocycles. The molecule has 0 radical (unpaired) electrons. The van der Waals surface area contributed by atoms with E-state index in [1.54, 1.807) is 17.9 Å². The van der Waals surface area contributed by atoms with Crippen LogP contribution in [0.25, 0.3) is 0 Å². The van der Waals surface area contributed by atoms with Gasteiger partial charge in [0, 0.05) is 125 Å². The number of carboxylic acids is 1. The average Bonchev–Trinajstić information content (AvgIpc) is 2.75. The topological polar surface area (TPSA) is 157 Å². The molecule has 0 aliphatic heterocycles. The molecule has 1 rings (SSSR count). The van der Waals surface area contributed by atoms with Gasteiger partial charge in [0.1, 0.15) is 0 Å². The summed E-state index contributed by atoms with van der Waals surface area (Å²) in [5.41, 5.74) is 1.65. The average molecular weight is 790 g/mol. The molecule has 0 unspecified atom stereocenters. The van der Waals surface area contributed by atoms with Crippen molar-refractivity contribution < 1.29 is 109 Å². The molecule has 11 nitrogen and oxygen atoms in total. The minimum Gasteiger partial charge on any atom is -0.481 e. The van der Waals surface area contributed by atoms with Crippen molar-refractivity contribution in [2.24, 2.45) is 5.92 Å². The largest absolute Gasteiger partial charge is 0.481 e. The van der Waals surface area contributed by atoms with Gasteiger partial charge in [-0.1, -0.05) is 31.2 Å². The molecular weight excluding hydrogens is 757 g/mol. The summed E-state index contributed by atoms with van der Waals surface area (Å²) in [6.45, 7) is 10.0. The first-order chi connectivity index (χ1) is 16.1. The molecule has 5 N–H and O–H groups in total. The van der Waals surface area contributed by atoms with E-state index in [0.29, 0.717) is 26.2 Å². The predicted molar refractivity (Wildman–Crippen MR) is 125 cm³/mol. The van der Waals surface area contributed by atoms with Gasteiger partial charge in [-0.2, -0.15) is 0 Å². The molecule has 0 spiro atoms. The predicted octanol–water partition coefficient (Wildman–Crippen LogP) is -0.768. The van der Waals surface area contributed by atoms with E-state index in [4.69, 9.17) is 5.11 Å². The number of carboxylic acid groups (broad SMARTS) is 1. The van der Waals surface area contributed by atoms with Crippen LogP contribution in [0.15, 0.2) is 24.3 Å². The van der Waals surface area contributed by atoms with Crippen LogP contribution in [0.1, 0.15) is 24.5 Å². The molecule has 0 aliphatic rings. The molecule has 4 amide bonds. The Hall–Kier alpha value is -1.08. The van der Waals surface area contributed by atoms with Crippen LogP contribution in [0.5, 0.6) is 0 Å². The normalized spacial score (nSPS) is 10.7. The first-order valence-electron chi connectivity index (χ1n) is 10.8. The summed E-state index contributed by atoms with van der Waals surface area (Å²) in [4.78, 5) is 58.9. The van der Waals surface area contributed by atoms with Crippen molar-refractivity contribution in [1.82, 2.24) is 26.2 Å². The van der Waals surface area contributed by atoms with E-state index >= 15 is 0 Å². The number of amides is 4. The number of hydrogen-bond acceptors (Lipinski definition) is 6. The number of nitrogens with one attached hydrogen (secondary N) is 4. The van der Waals surface area contributed by atoms with Crippen molar-refractivity contribution in [3.63, 3.8) is 0 Å². The van der Waals surface area contributed by atoms with Gasteiger partial charge >= 0.3 is 5.97 Å². The standard InChI is InChI=1S/C23H33N5O6.2Gd/c1-16(11-22(32)33)23(34)27-14-20-6-4-5-19(12-20)13-26-21(31)15-28(9-7-24-17(2)29)10-8-25-18(3)30;;/h4-6,12,16H,2-3,7-11,13-15H2,1H3,(H,24,29)(H,25,30)(H,26,31)(H,27,34)(H,32,33);;/q-2;;/t16-;;/m0../s1. The first-order valence-corrected chi connectivity index (χ1v) is 10.8. The van der Waals surface area contributed by atoms with E-state index < -0.39 is 23.7 Å². The molecule has 204 valence electrons. The number of carbonyl (C=O) groups excluding carboxylic acids is 4. The Labute approximate surface area is 276 Å². The zero-order valence-corrected chi connectivity index (χ0v) is 24.6. The Morgan fingerprint density at radius 3 is 1.86 bits per heavy atom. The van der Waals surface area contributed by atoms with Gasteiger partial charge in [0.15, 0.2) is 0 Å². The summed E-state index contributed by atoms with van der Waals surface area (Å²) >= 11 is 0. The number of rotatable bonds is 15. The molecule has 0 saturated heterocycles. The Kier molecular flexibility index (Phi) is 21.5. The maximum Gasteiger partial charge on any atom is 0.304 e. The number of benzene rings is 1. The van der Waals surface area contributed by atoms with Crippen LogP contribution in [-0.4, -0.2) is 72.3 Å². The van der Waals surface area contributed by atoms with Crippen molar-refractivity contribution in [2.75, 3.05) is 32.7 Å². The van der Waals surface area contributed by atoms with Gasteiger partial charge in [-0.3, -0.25) is 19.3 Å². The van der Waals surface area contributed by atoms with Crippen molar-refractivity contribution in [2.45, 2.75) is 26.4 Å². The Morgan fingerprint density at radius 1 is 0.889 bits per heavy atom. The van der Waals surface area contributed by atoms with Crippen molar-refractivity contribution in [1.29, 1.82) is 0 Å². The van der Waals surface area contributed by atoms with Crippen LogP contribution in [-0.2, 0) is 37.1 Å². The third kappa shape index (κ3) is 18.2. The molecule has 0 aromatic heterocycles. The van der Waals surface area contributed by atoms with E-state index in [0.717, 1.165) is 11.1 Å². The van der Waals surface area contributed by atoms with Crippen molar-refractivity contribution in [3.05, 3.63) is 49.2 Å². The molecular formula is C23H33Gd2N5O6-2. The van der Waals surface area contributed by atoms with Crippen LogP contribution >= 0.6 is 0 Å². The van der Waals surface area contributed by atoms with Gasteiger partial charge in [-0.25, -0.2) is 0 Å². The third-order valence-corrected chi connectivity index (χ3v) is 4.74. The summed E-state index contributed by atoms with van der Waals surface area (Å²) in [6.07, 6.45) is -0.238. The van der Waals surface area contributed by atoms with Gasteiger partial charge in [0.05, 0.1) is 24.8 Å². The van der Waals surface area contributed by atoms with Gasteiger partial charge in [-0.15, -0.1) is 0 Å². The maximum atomic E-state index is 12.4. The zero-order chi connectivity index (χ0) is 25.5. The summed E-state index contributed by atoms with van der Waals surface area (Å²) < 4.78 is 0. The van der Waals surface area contributed by atoms with E-state index in [1.807, 2.05) is 18.2 Å². The number of carbonyl (C=O) groups is 5. The van der Waals surface area contributed by atoms with Gasteiger partial charge < -0.3 is 49.8 Å².